The zero-order valence-electron chi connectivity index (χ0n) is 14.9. The number of unbranched alkanes of at least 4 members (excludes halogenated alkanes) is 6. The van der Waals surface area contributed by atoms with Gasteiger partial charge in [0.05, 0.1) is 5.71 Å². The lowest BCUT2D eigenvalue weighted by Crippen LogP contribution is -2.39. The van der Waals surface area contributed by atoms with Crippen LogP contribution in [0, 0.1) is 0 Å². The summed E-state index contributed by atoms with van der Waals surface area (Å²) in [5.41, 5.74) is 5.73. The van der Waals surface area contributed by atoms with E-state index in [0.717, 1.165) is 30.1 Å². The molecule has 1 unspecified atom stereocenters. The molecule has 0 amide bonds. The molecular formula is C20H28N4S. The maximum atomic E-state index is 4.87. The zero-order chi connectivity index (χ0) is 17.3. The van der Waals surface area contributed by atoms with Crippen LogP contribution in [0.5, 0.6) is 0 Å². The summed E-state index contributed by atoms with van der Waals surface area (Å²) in [6, 6.07) is 10.4. The molecule has 1 atom stereocenters. The molecule has 2 heterocycles. The number of fused-ring (bicyclic) bond motifs is 1. The molecule has 4 nitrogen and oxygen atoms in total. The largest absolute Gasteiger partial charge is 0.275 e. The Morgan fingerprint density at radius 3 is 2.68 bits per heavy atom. The van der Waals surface area contributed by atoms with Gasteiger partial charge in [0.1, 0.15) is 5.84 Å². The summed E-state index contributed by atoms with van der Waals surface area (Å²) in [4.78, 5) is 0. The number of benzene rings is 1. The van der Waals surface area contributed by atoms with E-state index in [4.69, 9.17) is 5.10 Å². The number of hydrogen-bond acceptors (Lipinski definition) is 5. The van der Waals surface area contributed by atoms with E-state index in [0.29, 0.717) is 0 Å². The normalized spacial score (nSPS) is 19.0. The van der Waals surface area contributed by atoms with Gasteiger partial charge in [0.25, 0.3) is 0 Å². The number of nitrogens with zero attached hydrogens (tertiary/aromatic N) is 3. The molecular weight excluding hydrogens is 328 g/mol. The van der Waals surface area contributed by atoms with E-state index in [1.165, 1.54) is 44.1 Å². The fourth-order valence-corrected chi connectivity index (χ4v) is 4.10. The van der Waals surface area contributed by atoms with Gasteiger partial charge >= 0.3 is 0 Å². The van der Waals surface area contributed by atoms with Crippen LogP contribution < -0.4 is 5.43 Å². The first-order valence-electron chi connectivity index (χ1n) is 9.35. The molecule has 2 aliphatic rings. The van der Waals surface area contributed by atoms with Gasteiger partial charge in [-0.1, -0.05) is 62.1 Å². The summed E-state index contributed by atoms with van der Waals surface area (Å²) in [7, 11) is 0. The summed E-state index contributed by atoms with van der Waals surface area (Å²) >= 11 is 1.86. The highest BCUT2D eigenvalue weighted by Crippen LogP contribution is 2.27. The van der Waals surface area contributed by atoms with Gasteiger partial charge in [0.2, 0.25) is 0 Å². The van der Waals surface area contributed by atoms with Crippen molar-refractivity contribution < 1.29 is 0 Å². The van der Waals surface area contributed by atoms with Gasteiger partial charge in [-0.3, -0.25) is 5.43 Å². The molecule has 0 saturated heterocycles. The number of amidine groups is 1. The predicted octanol–water partition coefficient (Wildman–Crippen LogP) is 4.95. The van der Waals surface area contributed by atoms with Crippen molar-refractivity contribution in [1.29, 1.82) is 0 Å². The van der Waals surface area contributed by atoms with Crippen LogP contribution >= 0.6 is 11.8 Å². The van der Waals surface area contributed by atoms with Crippen LogP contribution in [0.4, 0.5) is 0 Å². The Balaban J connectivity index is 1.45. The van der Waals surface area contributed by atoms with E-state index >= 15 is 0 Å². The lowest BCUT2D eigenvalue weighted by molar-refractivity contribution is 0.402. The quantitative estimate of drug-likeness (QED) is 0.476. The second kappa shape index (κ2) is 9.66. The van der Waals surface area contributed by atoms with Gasteiger partial charge in [-0.05, 0) is 24.8 Å². The standard InChI is InChI=1S/C20H28N4S/c1-2-3-4-5-6-7-8-12-15-19-21-22-20-24(19)23-18(16-25-20)17-13-10-9-11-14-17/h2,9-11,13-14,20,22H,1,3-8,12,15-16H2. The van der Waals surface area contributed by atoms with Crippen LogP contribution in [-0.4, -0.2) is 27.8 Å². The first kappa shape index (κ1) is 18.1. The highest BCUT2D eigenvalue weighted by atomic mass is 32.2. The molecule has 1 aromatic rings. The summed E-state index contributed by atoms with van der Waals surface area (Å²) in [5, 5.41) is 11.5. The third-order valence-corrected chi connectivity index (χ3v) is 5.62. The Labute approximate surface area is 155 Å². The molecule has 1 aromatic carbocycles. The molecule has 0 fully saturated rings. The lowest BCUT2D eigenvalue weighted by atomic mass is 10.1. The molecule has 0 saturated carbocycles. The molecule has 5 heteroatoms. The van der Waals surface area contributed by atoms with E-state index in [1.807, 2.05) is 23.9 Å². The van der Waals surface area contributed by atoms with Crippen molar-refractivity contribution in [2.45, 2.75) is 56.9 Å². The summed E-state index contributed by atoms with van der Waals surface area (Å²) in [5.74, 6) is 2.00. The van der Waals surface area contributed by atoms with Crippen LogP contribution in [0.1, 0.15) is 56.9 Å². The molecule has 134 valence electrons. The number of hydrogen-bond donors (Lipinski definition) is 1. The predicted molar refractivity (Wildman–Crippen MR) is 109 cm³/mol. The fourth-order valence-electron chi connectivity index (χ4n) is 3.13. The topological polar surface area (TPSA) is 40.0 Å². The second-order valence-corrected chi connectivity index (χ2v) is 7.59. The van der Waals surface area contributed by atoms with Crippen molar-refractivity contribution in [3.05, 3.63) is 48.6 Å². The molecule has 25 heavy (non-hydrogen) atoms. The van der Waals surface area contributed by atoms with Crippen molar-refractivity contribution in [3.8, 4) is 0 Å². The van der Waals surface area contributed by atoms with Crippen LogP contribution in [0.25, 0.3) is 0 Å². The third-order valence-electron chi connectivity index (χ3n) is 4.56. The molecule has 1 N–H and O–H groups in total. The van der Waals surface area contributed by atoms with Crippen molar-refractivity contribution in [3.63, 3.8) is 0 Å². The average molecular weight is 357 g/mol. The van der Waals surface area contributed by atoms with Gasteiger partial charge in [-0.15, -0.1) is 18.3 Å². The molecule has 0 spiro atoms. The Bertz CT molecular complexity index is 611. The van der Waals surface area contributed by atoms with E-state index in [1.54, 1.807) is 0 Å². The minimum atomic E-state index is 0.168. The van der Waals surface area contributed by atoms with E-state index < -0.39 is 0 Å². The molecule has 2 aliphatic heterocycles. The highest BCUT2D eigenvalue weighted by molar-refractivity contribution is 8.00. The summed E-state index contributed by atoms with van der Waals surface area (Å²) in [6.07, 6.45) is 11.9. The van der Waals surface area contributed by atoms with Crippen molar-refractivity contribution in [2.75, 3.05) is 5.75 Å². The van der Waals surface area contributed by atoms with Gasteiger partial charge in [0.15, 0.2) is 5.50 Å². The number of hydrazone groups is 2. The van der Waals surface area contributed by atoms with E-state index in [9.17, 15) is 0 Å². The molecule has 0 aromatic heterocycles. The van der Waals surface area contributed by atoms with Gasteiger partial charge in [-0.2, -0.15) is 10.2 Å². The van der Waals surface area contributed by atoms with Crippen molar-refractivity contribution in [1.82, 2.24) is 10.4 Å². The third kappa shape index (κ3) is 5.11. The number of allylic oxidation sites excluding steroid dienone is 1. The van der Waals surface area contributed by atoms with Crippen LogP contribution in [0.3, 0.4) is 0 Å². The Hall–Kier alpha value is -1.75. The fraction of sp³-hybridized carbons (Fsp3) is 0.500. The maximum Gasteiger partial charge on any atom is 0.185 e. The van der Waals surface area contributed by atoms with Gasteiger partial charge < -0.3 is 0 Å². The smallest absolute Gasteiger partial charge is 0.185 e. The van der Waals surface area contributed by atoms with Crippen LogP contribution in [0.2, 0.25) is 0 Å². The van der Waals surface area contributed by atoms with E-state index in [-0.39, 0.29) is 5.50 Å². The van der Waals surface area contributed by atoms with E-state index in [2.05, 4.69) is 46.4 Å². The second-order valence-electron chi connectivity index (χ2n) is 6.53. The van der Waals surface area contributed by atoms with Gasteiger partial charge in [0, 0.05) is 12.2 Å². The molecule has 0 aliphatic carbocycles. The van der Waals surface area contributed by atoms with Crippen LogP contribution in [-0.2, 0) is 0 Å². The number of rotatable bonds is 10. The number of nitrogens with one attached hydrogen (secondary N) is 1. The zero-order valence-corrected chi connectivity index (χ0v) is 15.7. The molecule has 3 rings (SSSR count). The highest BCUT2D eigenvalue weighted by Gasteiger charge is 2.31. The van der Waals surface area contributed by atoms with Crippen molar-refractivity contribution >= 4 is 23.3 Å². The van der Waals surface area contributed by atoms with Crippen LogP contribution in [0.15, 0.2) is 53.2 Å². The number of thioether (sulfide) groups is 1. The monoisotopic (exact) mass is 356 g/mol. The minimum absolute atomic E-state index is 0.168. The summed E-state index contributed by atoms with van der Waals surface area (Å²) in [6.45, 7) is 3.77. The first-order valence-corrected chi connectivity index (χ1v) is 10.4. The summed E-state index contributed by atoms with van der Waals surface area (Å²) < 4.78 is 0. The minimum Gasteiger partial charge on any atom is -0.275 e. The SMILES string of the molecule is C=CCCCCCCCCC1=NNC2SCC(c3ccccc3)=NN12. The Morgan fingerprint density at radius 1 is 1.12 bits per heavy atom. The first-order chi connectivity index (χ1) is 12.4. The molecule has 0 bridgehead atoms. The maximum absolute atomic E-state index is 4.87. The Morgan fingerprint density at radius 2 is 1.88 bits per heavy atom. The average Bonchev–Trinajstić information content (AvgIpc) is 3.07. The van der Waals surface area contributed by atoms with Gasteiger partial charge in [-0.25, -0.2) is 5.01 Å². The Kier molecular flexibility index (Phi) is 6.98. The molecule has 0 radical (unpaired) electrons. The van der Waals surface area contributed by atoms with Crippen molar-refractivity contribution in [2.24, 2.45) is 10.2 Å². The lowest BCUT2D eigenvalue weighted by Gasteiger charge is -2.27.